The van der Waals surface area contributed by atoms with Crippen molar-refractivity contribution in [1.82, 2.24) is 10.2 Å². The highest BCUT2D eigenvalue weighted by molar-refractivity contribution is 5.99. The van der Waals surface area contributed by atoms with E-state index in [1.807, 2.05) is 6.07 Å². The number of fused-ring (bicyclic) bond motifs is 1. The first-order valence-electron chi connectivity index (χ1n) is 9.88. The highest BCUT2D eigenvalue weighted by Crippen LogP contribution is 2.35. The second kappa shape index (κ2) is 8.19. The fourth-order valence-electron chi connectivity index (χ4n) is 4.04. The summed E-state index contributed by atoms with van der Waals surface area (Å²) in [6.07, 6.45) is 0.334. The summed E-state index contributed by atoms with van der Waals surface area (Å²) in [5.74, 6) is -0.981. The monoisotopic (exact) mass is 399 g/mol. The quantitative estimate of drug-likeness (QED) is 0.818. The molecule has 2 heterocycles. The molecule has 0 saturated carbocycles. The van der Waals surface area contributed by atoms with Gasteiger partial charge >= 0.3 is 6.03 Å². The minimum absolute atomic E-state index is 0.0859. The molecule has 0 aromatic heterocycles. The highest BCUT2D eigenvalue weighted by Gasteiger charge is 2.31. The zero-order chi connectivity index (χ0) is 20.4. The highest BCUT2D eigenvalue weighted by atomic mass is 19.1. The standard InChI is InChI=1S/C22H23F2N3O2/c23-19-4-2-1-3-17(19)20(24)15-8-11-27(12-9-15)22(29)26-16-6-5-14-7-10-25-21(28)18(14)13-16/h1-6,13,15,20H,7-12H2,(H,25,28)(H,26,29). The van der Waals surface area contributed by atoms with E-state index in [4.69, 9.17) is 0 Å². The van der Waals surface area contributed by atoms with E-state index in [0.29, 0.717) is 43.7 Å². The van der Waals surface area contributed by atoms with Crippen molar-refractivity contribution in [3.63, 3.8) is 0 Å². The molecule has 2 aliphatic rings. The number of alkyl halides is 1. The van der Waals surface area contributed by atoms with Gasteiger partial charge in [0.05, 0.1) is 0 Å². The van der Waals surface area contributed by atoms with E-state index in [2.05, 4.69) is 10.6 Å². The first-order valence-corrected chi connectivity index (χ1v) is 9.88. The lowest BCUT2D eigenvalue weighted by molar-refractivity contribution is 0.0946. The average molecular weight is 399 g/mol. The number of rotatable bonds is 3. The Hall–Kier alpha value is -2.96. The fourth-order valence-corrected chi connectivity index (χ4v) is 4.04. The number of nitrogens with one attached hydrogen (secondary N) is 2. The molecular weight excluding hydrogens is 376 g/mol. The lowest BCUT2D eigenvalue weighted by atomic mass is 9.88. The van der Waals surface area contributed by atoms with Crippen LogP contribution in [-0.2, 0) is 6.42 Å². The molecule has 3 amide bonds. The maximum Gasteiger partial charge on any atom is 0.321 e. The topological polar surface area (TPSA) is 61.4 Å². The number of likely N-dealkylation sites (tertiary alicyclic amines) is 1. The fraction of sp³-hybridized carbons (Fsp3) is 0.364. The van der Waals surface area contributed by atoms with Crippen LogP contribution in [0.25, 0.3) is 0 Å². The minimum Gasteiger partial charge on any atom is -0.352 e. The lowest BCUT2D eigenvalue weighted by Gasteiger charge is -2.33. The Balaban J connectivity index is 1.35. The molecule has 7 heteroatoms. The van der Waals surface area contributed by atoms with Crippen molar-refractivity contribution in [1.29, 1.82) is 0 Å². The van der Waals surface area contributed by atoms with Crippen molar-refractivity contribution in [3.05, 3.63) is 65.0 Å². The summed E-state index contributed by atoms with van der Waals surface area (Å²) in [6.45, 7) is 1.42. The number of hydrogen-bond donors (Lipinski definition) is 2. The Morgan fingerprint density at radius 3 is 2.69 bits per heavy atom. The van der Waals surface area contributed by atoms with E-state index in [9.17, 15) is 18.4 Å². The molecule has 2 aromatic rings. The van der Waals surface area contributed by atoms with Crippen molar-refractivity contribution < 1.29 is 18.4 Å². The number of halogens is 2. The summed E-state index contributed by atoms with van der Waals surface area (Å²) < 4.78 is 28.6. The van der Waals surface area contributed by atoms with E-state index in [1.165, 1.54) is 12.1 Å². The minimum atomic E-state index is -1.37. The van der Waals surface area contributed by atoms with Crippen LogP contribution in [0.4, 0.5) is 19.3 Å². The molecule has 2 aliphatic heterocycles. The molecule has 5 nitrogen and oxygen atoms in total. The van der Waals surface area contributed by atoms with Gasteiger partial charge in [-0.1, -0.05) is 24.3 Å². The second-order valence-electron chi connectivity index (χ2n) is 7.56. The van der Waals surface area contributed by atoms with Gasteiger partial charge in [0.15, 0.2) is 0 Å². The molecule has 1 saturated heterocycles. The summed E-state index contributed by atoms with van der Waals surface area (Å²) in [6, 6.07) is 11.0. The number of carbonyl (C=O) groups excluding carboxylic acids is 2. The molecule has 0 aliphatic carbocycles. The molecule has 0 spiro atoms. The van der Waals surface area contributed by atoms with E-state index >= 15 is 0 Å². The molecule has 1 fully saturated rings. The van der Waals surface area contributed by atoms with Crippen LogP contribution in [0.15, 0.2) is 42.5 Å². The van der Waals surface area contributed by atoms with Gasteiger partial charge in [0.25, 0.3) is 5.91 Å². The number of amides is 3. The van der Waals surface area contributed by atoms with Crippen LogP contribution >= 0.6 is 0 Å². The largest absolute Gasteiger partial charge is 0.352 e. The molecular formula is C22H23F2N3O2. The molecule has 152 valence electrons. The predicted molar refractivity (Wildman–Crippen MR) is 106 cm³/mol. The van der Waals surface area contributed by atoms with Crippen molar-refractivity contribution >= 4 is 17.6 Å². The van der Waals surface area contributed by atoms with Crippen LogP contribution < -0.4 is 10.6 Å². The number of benzene rings is 2. The van der Waals surface area contributed by atoms with Crippen molar-refractivity contribution in [2.75, 3.05) is 25.0 Å². The number of urea groups is 1. The van der Waals surface area contributed by atoms with Crippen molar-refractivity contribution in [3.8, 4) is 0 Å². The van der Waals surface area contributed by atoms with Crippen LogP contribution in [0.3, 0.4) is 0 Å². The van der Waals surface area contributed by atoms with E-state index in [0.717, 1.165) is 12.0 Å². The number of anilines is 1. The van der Waals surface area contributed by atoms with Gasteiger partial charge < -0.3 is 15.5 Å². The van der Waals surface area contributed by atoms with Crippen LogP contribution in [0.5, 0.6) is 0 Å². The van der Waals surface area contributed by atoms with Crippen LogP contribution in [0, 0.1) is 11.7 Å². The van der Waals surface area contributed by atoms with Gasteiger partial charge in [-0.25, -0.2) is 13.6 Å². The van der Waals surface area contributed by atoms with Gasteiger partial charge in [-0.2, -0.15) is 0 Å². The molecule has 0 bridgehead atoms. The van der Waals surface area contributed by atoms with Gasteiger partial charge in [0, 0.05) is 36.4 Å². The maximum atomic E-state index is 14.8. The molecule has 1 atom stereocenters. The Bertz CT molecular complexity index is 926. The first kappa shape index (κ1) is 19.4. The molecule has 0 radical (unpaired) electrons. The zero-order valence-corrected chi connectivity index (χ0v) is 16.0. The third-order valence-corrected chi connectivity index (χ3v) is 5.73. The van der Waals surface area contributed by atoms with Crippen LogP contribution in [0.2, 0.25) is 0 Å². The van der Waals surface area contributed by atoms with Crippen molar-refractivity contribution in [2.24, 2.45) is 5.92 Å². The third kappa shape index (κ3) is 4.09. The molecule has 2 N–H and O–H groups in total. The molecule has 2 aromatic carbocycles. The maximum absolute atomic E-state index is 14.8. The van der Waals surface area contributed by atoms with Crippen LogP contribution in [-0.4, -0.2) is 36.5 Å². The Morgan fingerprint density at radius 1 is 1.17 bits per heavy atom. The number of carbonyl (C=O) groups is 2. The average Bonchev–Trinajstić information content (AvgIpc) is 2.74. The summed E-state index contributed by atoms with van der Waals surface area (Å²) in [4.78, 5) is 26.2. The predicted octanol–water partition coefficient (Wildman–Crippen LogP) is 4.07. The SMILES string of the molecule is O=C1NCCc2ccc(NC(=O)N3CCC(C(F)c4ccccc4F)CC3)cc21. The lowest BCUT2D eigenvalue weighted by Crippen LogP contribution is -2.41. The van der Waals surface area contributed by atoms with Gasteiger partial charge in [-0.15, -0.1) is 0 Å². The van der Waals surface area contributed by atoms with Crippen LogP contribution in [0.1, 0.15) is 40.5 Å². The first-order chi connectivity index (χ1) is 14.0. The number of piperidine rings is 1. The Morgan fingerprint density at radius 2 is 1.93 bits per heavy atom. The number of nitrogens with zero attached hydrogens (tertiary/aromatic N) is 1. The molecule has 29 heavy (non-hydrogen) atoms. The van der Waals surface area contributed by atoms with Gasteiger partial charge in [-0.3, -0.25) is 4.79 Å². The van der Waals surface area contributed by atoms with Gasteiger partial charge in [0.2, 0.25) is 0 Å². The smallest absolute Gasteiger partial charge is 0.321 e. The van der Waals surface area contributed by atoms with E-state index < -0.39 is 12.0 Å². The number of hydrogen-bond acceptors (Lipinski definition) is 2. The summed E-state index contributed by atoms with van der Waals surface area (Å²) in [5.41, 5.74) is 2.19. The van der Waals surface area contributed by atoms with Crippen molar-refractivity contribution in [2.45, 2.75) is 25.4 Å². The zero-order valence-electron chi connectivity index (χ0n) is 16.0. The summed E-state index contributed by atoms with van der Waals surface area (Å²) in [5, 5.41) is 5.61. The third-order valence-electron chi connectivity index (χ3n) is 5.73. The van der Waals surface area contributed by atoms with Gasteiger partial charge in [-0.05, 0) is 48.9 Å². The summed E-state index contributed by atoms with van der Waals surface area (Å²) in [7, 11) is 0. The van der Waals surface area contributed by atoms with E-state index in [-0.39, 0.29) is 23.4 Å². The Labute approximate surface area is 168 Å². The normalized spacial score (nSPS) is 18.0. The summed E-state index contributed by atoms with van der Waals surface area (Å²) >= 11 is 0. The van der Waals surface area contributed by atoms with Gasteiger partial charge in [0.1, 0.15) is 12.0 Å². The van der Waals surface area contributed by atoms with E-state index in [1.54, 1.807) is 29.2 Å². The second-order valence-corrected chi connectivity index (χ2v) is 7.56. The Kier molecular flexibility index (Phi) is 5.47. The molecule has 4 rings (SSSR count). The molecule has 1 unspecified atom stereocenters.